The van der Waals surface area contributed by atoms with Crippen LogP contribution in [0.15, 0.2) is 29.2 Å². The van der Waals surface area contributed by atoms with E-state index in [2.05, 4.69) is 21.9 Å². The van der Waals surface area contributed by atoms with Crippen molar-refractivity contribution < 1.29 is 17.6 Å². The highest BCUT2D eigenvalue weighted by atomic mass is 32.2. The zero-order chi connectivity index (χ0) is 22.0. The van der Waals surface area contributed by atoms with Crippen molar-refractivity contribution in [3.05, 3.63) is 30.1 Å². The number of nitrogens with zero attached hydrogens (tertiary/aromatic N) is 1. The summed E-state index contributed by atoms with van der Waals surface area (Å²) >= 11 is 1.53. The minimum Gasteiger partial charge on any atom is -0.353 e. The largest absolute Gasteiger partial charge is 0.353 e. The normalized spacial score (nSPS) is 18.8. The number of carbonyl (C=O) groups excluding carboxylic acids is 1. The predicted molar refractivity (Wildman–Crippen MR) is 121 cm³/mol. The average Bonchev–Trinajstić information content (AvgIpc) is 2.74. The van der Waals surface area contributed by atoms with E-state index in [1.807, 2.05) is 6.26 Å². The van der Waals surface area contributed by atoms with Gasteiger partial charge in [-0.1, -0.05) is 31.9 Å². The number of nitrogens with one attached hydrogen (secondary N) is 2. The topological polar surface area (TPSA) is 78.5 Å². The van der Waals surface area contributed by atoms with Crippen molar-refractivity contribution >= 4 is 27.7 Å². The summed E-state index contributed by atoms with van der Waals surface area (Å²) in [7, 11) is -4.14. The monoisotopic (exact) mass is 459 g/mol. The van der Waals surface area contributed by atoms with Gasteiger partial charge < -0.3 is 5.32 Å². The Kier molecular flexibility index (Phi) is 10.6. The molecule has 1 aliphatic heterocycles. The molecule has 0 bridgehead atoms. The molecule has 2 N–H and O–H groups in total. The van der Waals surface area contributed by atoms with Crippen molar-refractivity contribution in [1.29, 1.82) is 0 Å². The van der Waals surface area contributed by atoms with Gasteiger partial charge in [0.1, 0.15) is 16.8 Å². The summed E-state index contributed by atoms with van der Waals surface area (Å²) in [6, 6.07) is 4.53. The van der Waals surface area contributed by atoms with E-state index in [0.717, 1.165) is 44.8 Å². The molecule has 1 amide bonds. The molecule has 2 atom stereocenters. The van der Waals surface area contributed by atoms with Crippen LogP contribution >= 0.6 is 11.8 Å². The van der Waals surface area contributed by atoms with E-state index < -0.39 is 26.8 Å². The van der Waals surface area contributed by atoms with E-state index in [-0.39, 0.29) is 11.9 Å². The molecule has 0 spiro atoms. The van der Waals surface area contributed by atoms with Crippen LogP contribution < -0.4 is 10.0 Å². The average molecular weight is 460 g/mol. The number of likely N-dealkylation sites (tertiary alicyclic amines) is 1. The van der Waals surface area contributed by atoms with Crippen LogP contribution in [0.25, 0.3) is 0 Å². The molecule has 30 heavy (non-hydrogen) atoms. The number of sulfonamides is 1. The Bertz CT molecular complexity index is 777. The van der Waals surface area contributed by atoms with E-state index in [0.29, 0.717) is 18.7 Å². The fraction of sp³-hybridized carbons (Fsp3) is 0.667. The lowest BCUT2D eigenvalue weighted by Crippen LogP contribution is -2.52. The fourth-order valence-corrected chi connectivity index (χ4v) is 5.46. The fourth-order valence-electron chi connectivity index (χ4n) is 3.68. The summed E-state index contributed by atoms with van der Waals surface area (Å²) in [4.78, 5) is 14.8. The van der Waals surface area contributed by atoms with E-state index >= 15 is 0 Å². The minimum atomic E-state index is -4.14. The molecule has 0 radical (unpaired) electrons. The third-order valence-electron chi connectivity index (χ3n) is 5.41. The first-order chi connectivity index (χ1) is 14.4. The Balaban J connectivity index is 2.03. The molecule has 0 aromatic heterocycles. The van der Waals surface area contributed by atoms with Crippen molar-refractivity contribution in [2.75, 3.05) is 31.6 Å². The molecular formula is C21H34FN3O3S2. The second kappa shape index (κ2) is 12.6. The molecule has 1 aliphatic rings. The molecule has 170 valence electrons. The lowest BCUT2D eigenvalue weighted by Gasteiger charge is -2.36. The molecule has 1 heterocycles. The van der Waals surface area contributed by atoms with Crippen LogP contribution in [0.3, 0.4) is 0 Å². The minimum absolute atomic E-state index is 0.277. The first-order valence-electron chi connectivity index (χ1n) is 10.7. The SMILES string of the molecule is CCCCN1CCCCC1CNC(=O)C(CCSC)NS(=O)(=O)c1ccccc1F. The Hall–Kier alpha value is -1.16. The maximum atomic E-state index is 14.0. The Labute approximate surface area is 184 Å². The molecule has 1 aromatic carbocycles. The second-order valence-electron chi connectivity index (χ2n) is 7.67. The van der Waals surface area contributed by atoms with Gasteiger partial charge >= 0.3 is 0 Å². The van der Waals surface area contributed by atoms with Crippen molar-refractivity contribution in [3.63, 3.8) is 0 Å². The number of benzene rings is 1. The summed E-state index contributed by atoms with van der Waals surface area (Å²) < 4.78 is 41.7. The Morgan fingerprint density at radius 3 is 2.80 bits per heavy atom. The van der Waals surface area contributed by atoms with Crippen LogP contribution in [0.5, 0.6) is 0 Å². The highest BCUT2D eigenvalue weighted by Crippen LogP contribution is 2.18. The third kappa shape index (κ3) is 7.51. The van der Waals surface area contributed by atoms with Gasteiger partial charge in [0.25, 0.3) is 0 Å². The molecule has 1 aromatic rings. The van der Waals surface area contributed by atoms with Gasteiger partial charge in [-0.3, -0.25) is 9.69 Å². The maximum absolute atomic E-state index is 14.0. The Morgan fingerprint density at radius 1 is 1.33 bits per heavy atom. The van der Waals surface area contributed by atoms with E-state index in [1.165, 1.54) is 36.4 Å². The van der Waals surface area contributed by atoms with E-state index in [4.69, 9.17) is 0 Å². The van der Waals surface area contributed by atoms with Gasteiger partial charge in [0.2, 0.25) is 15.9 Å². The molecule has 9 heteroatoms. The number of unbranched alkanes of at least 4 members (excludes halogenated alkanes) is 1. The van der Waals surface area contributed by atoms with Crippen molar-refractivity contribution in [2.45, 2.75) is 62.4 Å². The van der Waals surface area contributed by atoms with Gasteiger partial charge in [0.15, 0.2) is 0 Å². The summed E-state index contributed by atoms with van der Waals surface area (Å²) in [6.45, 7) is 4.72. The number of rotatable bonds is 12. The number of hydrogen-bond donors (Lipinski definition) is 2. The molecule has 1 fully saturated rings. The maximum Gasteiger partial charge on any atom is 0.244 e. The quantitative estimate of drug-likeness (QED) is 0.502. The van der Waals surface area contributed by atoms with Crippen molar-refractivity contribution in [3.8, 4) is 0 Å². The van der Waals surface area contributed by atoms with Crippen LogP contribution in [0, 0.1) is 5.82 Å². The van der Waals surface area contributed by atoms with Gasteiger partial charge in [-0.25, -0.2) is 12.8 Å². The molecule has 2 unspecified atom stereocenters. The lowest BCUT2D eigenvalue weighted by atomic mass is 10.0. The van der Waals surface area contributed by atoms with Gasteiger partial charge in [0, 0.05) is 12.6 Å². The summed E-state index contributed by atoms with van der Waals surface area (Å²) in [6.07, 6.45) is 7.83. The van der Waals surface area contributed by atoms with Crippen LogP contribution in [0.1, 0.15) is 45.4 Å². The van der Waals surface area contributed by atoms with Crippen LogP contribution in [0.2, 0.25) is 0 Å². The first kappa shape index (κ1) is 25.1. The van der Waals surface area contributed by atoms with E-state index in [1.54, 1.807) is 0 Å². The standard InChI is InChI=1S/C21H34FN3O3S2/c1-3-4-13-25-14-8-7-9-17(25)16-23-21(26)19(12-15-29-2)24-30(27,28)20-11-6-5-10-18(20)22/h5-6,10-11,17,19,24H,3-4,7-9,12-16H2,1-2H3,(H,23,26). The number of amides is 1. The molecule has 6 nitrogen and oxygen atoms in total. The summed E-state index contributed by atoms with van der Waals surface area (Å²) in [5.74, 6) is -0.572. The number of halogens is 1. The highest BCUT2D eigenvalue weighted by molar-refractivity contribution is 7.98. The van der Waals surface area contributed by atoms with Gasteiger partial charge in [-0.05, 0) is 62.9 Å². The molecule has 0 aliphatic carbocycles. The van der Waals surface area contributed by atoms with Crippen LogP contribution in [-0.4, -0.2) is 63.0 Å². The van der Waals surface area contributed by atoms with Gasteiger partial charge in [-0.15, -0.1) is 0 Å². The highest BCUT2D eigenvalue weighted by Gasteiger charge is 2.28. The number of carbonyl (C=O) groups is 1. The van der Waals surface area contributed by atoms with Crippen molar-refractivity contribution in [2.24, 2.45) is 0 Å². The lowest BCUT2D eigenvalue weighted by molar-refractivity contribution is -0.123. The number of thioether (sulfide) groups is 1. The number of hydrogen-bond acceptors (Lipinski definition) is 5. The molecular weight excluding hydrogens is 425 g/mol. The second-order valence-corrected chi connectivity index (χ2v) is 10.3. The number of piperidine rings is 1. The van der Waals surface area contributed by atoms with Crippen molar-refractivity contribution in [1.82, 2.24) is 14.9 Å². The van der Waals surface area contributed by atoms with Gasteiger partial charge in [-0.2, -0.15) is 16.5 Å². The third-order valence-corrected chi connectivity index (χ3v) is 7.56. The Morgan fingerprint density at radius 2 is 2.10 bits per heavy atom. The zero-order valence-corrected chi connectivity index (χ0v) is 19.5. The zero-order valence-electron chi connectivity index (χ0n) is 17.9. The summed E-state index contributed by atoms with van der Waals surface area (Å²) in [5.41, 5.74) is 0. The predicted octanol–water partition coefficient (Wildman–Crippen LogP) is 3.00. The first-order valence-corrected chi connectivity index (χ1v) is 13.5. The van der Waals surface area contributed by atoms with Gasteiger partial charge in [0.05, 0.1) is 0 Å². The van der Waals surface area contributed by atoms with E-state index in [9.17, 15) is 17.6 Å². The van der Waals surface area contributed by atoms with Crippen LogP contribution in [-0.2, 0) is 14.8 Å². The smallest absolute Gasteiger partial charge is 0.244 e. The molecule has 2 rings (SSSR count). The molecule has 1 saturated heterocycles. The summed E-state index contributed by atoms with van der Waals surface area (Å²) in [5, 5.41) is 2.95. The van der Waals surface area contributed by atoms with Crippen LogP contribution in [0.4, 0.5) is 4.39 Å². The molecule has 0 saturated carbocycles.